The Kier molecular flexibility index (Phi) is 5.77. The summed E-state index contributed by atoms with van der Waals surface area (Å²) in [5.41, 5.74) is 2.77. The highest BCUT2D eigenvalue weighted by atomic mass is 32.2. The molecule has 106 valence electrons. The van der Waals surface area contributed by atoms with E-state index in [0.717, 1.165) is 18.5 Å². The average Bonchev–Trinajstić information content (AvgIpc) is 2.40. The second kappa shape index (κ2) is 7.35. The van der Waals surface area contributed by atoms with Crippen molar-refractivity contribution in [2.45, 2.75) is 57.4 Å². The maximum absolute atomic E-state index is 3.73. The minimum atomic E-state index is 0.774. The highest BCUT2D eigenvalue weighted by molar-refractivity contribution is 7.99. The second-order valence-electron chi connectivity index (χ2n) is 6.03. The Labute approximate surface area is 122 Å². The van der Waals surface area contributed by atoms with E-state index in [-0.39, 0.29) is 0 Å². The summed E-state index contributed by atoms with van der Waals surface area (Å²) in [6.07, 6.45) is 5.55. The molecule has 0 bridgehead atoms. The summed E-state index contributed by atoms with van der Waals surface area (Å²) in [6, 6.07) is 7.51. The number of nitrogens with one attached hydrogen (secondary N) is 1. The first kappa shape index (κ1) is 14.9. The Morgan fingerprint density at radius 1 is 1.16 bits per heavy atom. The zero-order valence-corrected chi connectivity index (χ0v) is 13.4. The Hall–Kier alpha value is -0.470. The van der Waals surface area contributed by atoms with Crippen LogP contribution in [0.3, 0.4) is 0 Å². The predicted octanol–water partition coefficient (Wildman–Crippen LogP) is 4.56. The SMILES string of the molecule is Cc1ccc(C)c(SCCNC2CCC(C)CC2)c1. The molecule has 0 saturated heterocycles. The first-order valence-corrected chi connectivity index (χ1v) is 8.57. The van der Waals surface area contributed by atoms with Gasteiger partial charge in [0.1, 0.15) is 0 Å². The van der Waals surface area contributed by atoms with Gasteiger partial charge >= 0.3 is 0 Å². The number of benzene rings is 1. The molecule has 1 aliphatic rings. The fourth-order valence-corrected chi connectivity index (χ4v) is 3.76. The first-order chi connectivity index (χ1) is 9.15. The van der Waals surface area contributed by atoms with Crippen LogP contribution in [0.15, 0.2) is 23.1 Å². The Bertz CT molecular complexity index is 394. The highest BCUT2D eigenvalue weighted by Crippen LogP contribution is 2.25. The maximum atomic E-state index is 3.73. The van der Waals surface area contributed by atoms with E-state index in [9.17, 15) is 0 Å². The predicted molar refractivity (Wildman–Crippen MR) is 86.1 cm³/mol. The van der Waals surface area contributed by atoms with Crippen molar-refractivity contribution >= 4 is 11.8 Å². The molecule has 1 fully saturated rings. The van der Waals surface area contributed by atoms with Crippen molar-refractivity contribution in [1.82, 2.24) is 5.32 Å². The van der Waals surface area contributed by atoms with Gasteiger partial charge in [-0.3, -0.25) is 0 Å². The van der Waals surface area contributed by atoms with E-state index in [0.29, 0.717) is 0 Å². The Morgan fingerprint density at radius 3 is 2.63 bits per heavy atom. The molecule has 2 rings (SSSR count). The van der Waals surface area contributed by atoms with Crippen molar-refractivity contribution in [1.29, 1.82) is 0 Å². The Balaban J connectivity index is 1.68. The first-order valence-electron chi connectivity index (χ1n) is 7.58. The molecule has 1 saturated carbocycles. The third-order valence-electron chi connectivity index (χ3n) is 4.15. The van der Waals surface area contributed by atoms with Gasteiger partial charge in [0.2, 0.25) is 0 Å². The molecule has 1 nitrogen and oxygen atoms in total. The van der Waals surface area contributed by atoms with Gasteiger partial charge in [-0.25, -0.2) is 0 Å². The Morgan fingerprint density at radius 2 is 1.89 bits per heavy atom. The van der Waals surface area contributed by atoms with E-state index in [1.165, 1.54) is 47.5 Å². The molecule has 0 amide bonds. The van der Waals surface area contributed by atoms with Crippen LogP contribution in [0, 0.1) is 19.8 Å². The fourth-order valence-electron chi connectivity index (χ4n) is 2.75. The van der Waals surface area contributed by atoms with Crippen LogP contribution in [0.25, 0.3) is 0 Å². The fraction of sp³-hybridized carbons (Fsp3) is 0.647. The number of hydrogen-bond donors (Lipinski definition) is 1. The van der Waals surface area contributed by atoms with Crippen LogP contribution in [0.4, 0.5) is 0 Å². The summed E-state index contributed by atoms with van der Waals surface area (Å²) in [6.45, 7) is 7.90. The number of hydrogen-bond acceptors (Lipinski definition) is 2. The van der Waals surface area contributed by atoms with Crippen LogP contribution in [0.1, 0.15) is 43.7 Å². The van der Waals surface area contributed by atoms with Crippen LogP contribution < -0.4 is 5.32 Å². The normalized spacial score (nSPS) is 23.5. The van der Waals surface area contributed by atoms with Crippen molar-refractivity contribution in [2.24, 2.45) is 5.92 Å². The quantitative estimate of drug-likeness (QED) is 0.625. The molecule has 0 unspecified atom stereocenters. The van der Waals surface area contributed by atoms with Gasteiger partial charge in [0.15, 0.2) is 0 Å². The molecule has 0 radical (unpaired) electrons. The number of thioether (sulfide) groups is 1. The van der Waals surface area contributed by atoms with E-state index < -0.39 is 0 Å². The molecule has 0 aromatic heterocycles. The average molecular weight is 277 g/mol. The lowest BCUT2D eigenvalue weighted by atomic mass is 9.87. The lowest BCUT2D eigenvalue weighted by molar-refractivity contribution is 0.312. The lowest BCUT2D eigenvalue weighted by Gasteiger charge is -2.27. The van der Waals surface area contributed by atoms with Crippen LogP contribution >= 0.6 is 11.8 Å². The van der Waals surface area contributed by atoms with E-state index >= 15 is 0 Å². The molecule has 0 heterocycles. The second-order valence-corrected chi connectivity index (χ2v) is 7.17. The largest absolute Gasteiger partial charge is 0.313 e. The molecule has 1 aliphatic carbocycles. The molecule has 0 aliphatic heterocycles. The van der Waals surface area contributed by atoms with Crippen molar-refractivity contribution in [3.63, 3.8) is 0 Å². The van der Waals surface area contributed by atoms with Gasteiger partial charge in [-0.05, 0) is 57.1 Å². The molecule has 19 heavy (non-hydrogen) atoms. The minimum absolute atomic E-state index is 0.774. The van der Waals surface area contributed by atoms with E-state index in [1.807, 2.05) is 11.8 Å². The highest BCUT2D eigenvalue weighted by Gasteiger charge is 2.17. The van der Waals surface area contributed by atoms with E-state index in [2.05, 4.69) is 44.3 Å². The van der Waals surface area contributed by atoms with E-state index in [1.54, 1.807) is 0 Å². The van der Waals surface area contributed by atoms with Crippen molar-refractivity contribution in [3.8, 4) is 0 Å². The lowest BCUT2D eigenvalue weighted by Crippen LogP contribution is -2.34. The number of aryl methyl sites for hydroxylation is 2. The number of rotatable bonds is 5. The molecule has 0 atom stereocenters. The van der Waals surface area contributed by atoms with Crippen molar-refractivity contribution in [3.05, 3.63) is 29.3 Å². The van der Waals surface area contributed by atoms with Gasteiger partial charge in [0.05, 0.1) is 0 Å². The van der Waals surface area contributed by atoms with Gasteiger partial charge < -0.3 is 5.32 Å². The summed E-state index contributed by atoms with van der Waals surface area (Å²) in [4.78, 5) is 1.44. The standard InChI is InChI=1S/C17H27NS/c1-13-5-8-16(9-6-13)18-10-11-19-17-12-14(2)4-7-15(17)3/h4,7,12-13,16,18H,5-6,8-11H2,1-3H3. The van der Waals surface area contributed by atoms with Gasteiger partial charge in [-0.2, -0.15) is 0 Å². The summed E-state index contributed by atoms with van der Waals surface area (Å²) in [7, 11) is 0. The van der Waals surface area contributed by atoms with Crippen LogP contribution in [-0.2, 0) is 0 Å². The van der Waals surface area contributed by atoms with Gasteiger partial charge in [-0.15, -0.1) is 11.8 Å². The summed E-state index contributed by atoms with van der Waals surface area (Å²) >= 11 is 1.99. The molecular formula is C17H27NS. The molecular weight excluding hydrogens is 250 g/mol. The molecule has 0 spiro atoms. The smallest absolute Gasteiger partial charge is 0.0106 e. The van der Waals surface area contributed by atoms with Gasteiger partial charge in [0.25, 0.3) is 0 Å². The van der Waals surface area contributed by atoms with Crippen LogP contribution in [0.5, 0.6) is 0 Å². The summed E-state index contributed by atoms with van der Waals surface area (Å²) < 4.78 is 0. The van der Waals surface area contributed by atoms with Crippen LogP contribution in [0.2, 0.25) is 0 Å². The topological polar surface area (TPSA) is 12.0 Å². The molecule has 1 aromatic rings. The molecule has 1 aromatic carbocycles. The minimum Gasteiger partial charge on any atom is -0.313 e. The third kappa shape index (κ3) is 4.85. The summed E-state index contributed by atoms with van der Waals surface area (Å²) in [5, 5.41) is 3.73. The molecule has 2 heteroatoms. The van der Waals surface area contributed by atoms with E-state index in [4.69, 9.17) is 0 Å². The van der Waals surface area contributed by atoms with Gasteiger partial charge in [-0.1, -0.05) is 24.6 Å². The van der Waals surface area contributed by atoms with Crippen LogP contribution in [-0.4, -0.2) is 18.3 Å². The zero-order chi connectivity index (χ0) is 13.7. The maximum Gasteiger partial charge on any atom is 0.0106 e. The monoisotopic (exact) mass is 277 g/mol. The summed E-state index contributed by atoms with van der Waals surface area (Å²) in [5.74, 6) is 2.12. The third-order valence-corrected chi connectivity index (χ3v) is 5.31. The van der Waals surface area contributed by atoms with Gasteiger partial charge in [0, 0.05) is 23.2 Å². The zero-order valence-electron chi connectivity index (χ0n) is 12.5. The van der Waals surface area contributed by atoms with Crippen molar-refractivity contribution < 1.29 is 0 Å². The molecule has 1 N–H and O–H groups in total. The van der Waals surface area contributed by atoms with Crippen molar-refractivity contribution in [2.75, 3.05) is 12.3 Å².